The molecule has 1 aromatic carbocycles. The molecular formula is C13H11ClN2. The molecule has 0 fully saturated rings. The van der Waals surface area contributed by atoms with E-state index >= 15 is 0 Å². The van der Waals surface area contributed by atoms with E-state index in [4.69, 9.17) is 17.0 Å². The molecule has 0 amide bonds. The van der Waals surface area contributed by atoms with E-state index in [1.165, 1.54) is 0 Å². The van der Waals surface area contributed by atoms with Crippen LogP contribution in [0, 0.1) is 5.41 Å². The molecule has 0 radical (unpaired) electrons. The van der Waals surface area contributed by atoms with E-state index in [0.717, 1.165) is 11.1 Å². The number of rotatable bonds is 3. The average molecular weight is 231 g/mol. The lowest BCUT2D eigenvalue weighted by atomic mass is 10.0. The molecule has 2 rings (SSSR count). The van der Waals surface area contributed by atoms with E-state index in [1.54, 1.807) is 18.5 Å². The zero-order chi connectivity index (χ0) is 11.4. The molecule has 16 heavy (non-hydrogen) atoms. The monoisotopic (exact) mass is 230 g/mol. The molecule has 1 N–H and O–H groups in total. The second-order valence-corrected chi connectivity index (χ2v) is 3.90. The van der Waals surface area contributed by atoms with Gasteiger partial charge in [-0.15, -0.1) is 0 Å². The number of hydrogen-bond acceptors (Lipinski definition) is 2. The molecular weight excluding hydrogens is 220 g/mol. The summed E-state index contributed by atoms with van der Waals surface area (Å²) in [4.78, 5) is 4.02. The van der Waals surface area contributed by atoms with Crippen LogP contribution in [0.4, 0.5) is 0 Å². The zero-order valence-electron chi connectivity index (χ0n) is 8.65. The summed E-state index contributed by atoms with van der Waals surface area (Å²) in [6.07, 6.45) is 4.05. The Kier molecular flexibility index (Phi) is 3.32. The van der Waals surface area contributed by atoms with Gasteiger partial charge in [0, 0.05) is 35.1 Å². The Labute approximate surface area is 99.4 Å². The maximum absolute atomic E-state index is 8.00. The number of nitrogens with zero attached hydrogens (tertiary/aromatic N) is 1. The normalized spacial score (nSPS) is 10.1. The maximum Gasteiger partial charge on any atom is 0.0496 e. The fourth-order valence-corrected chi connectivity index (χ4v) is 1.76. The fraction of sp³-hybridized carbons (Fsp3) is 0.0769. The van der Waals surface area contributed by atoms with Gasteiger partial charge in [-0.25, -0.2) is 0 Å². The SMILES string of the molecule is N=C(Cc1cccnc1)c1ccccc1Cl. The van der Waals surface area contributed by atoms with Crippen LogP contribution in [0.25, 0.3) is 0 Å². The van der Waals surface area contributed by atoms with Crippen LogP contribution in [-0.4, -0.2) is 10.7 Å². The molecule has 0 unspecified atom stereocenters. The highest BCUT2D eigenvalue weighted by atomic mass is 35.5. The van der Waals surface area contributed by atoms with Gasteiger partial charge in [-0.05, 0) is 17.7 Å². The summed E-state index contributed by atoms with van der Waals surface area (Å²) < 4.78 is 0. The van der Waals surface area contributed by atoms with Gasteiger partial charge in [0.15, 0.2) is 0 Å². The Morgan fingerprint density at radius 1 is 1.19 bits per heavy atom. The molecule has 3 heteroatoms. The maximum atomic E-state index is 8.00. The van der Waals surface area contributed by atoms with Crippen molar-refractivity contribution in [3.8, 4) is 0 Å². The number of aromatic nitrogens is 1. The number of halogens is 1. The van der Waals surface area contributed by atoms with Crippen molar-refractivity contribution in [2.75, 3.05) is 0 Å². The van der Waals surface area contributed by atoms with Gasteiger partial charge in [-0.3, -0.25) is 4.98 Å². The smallest absolute Gasteiger partial charge is 0.0496 e. The second-order valence-electron chi connectivity index (χ2n) is 3.50. The van der Waals surface area contributed by atoms with Crippen molar-refractivity contribution in [2.45, 2.75) is 6.42 Å². The summed E-state index contributed by atoms with van der Waals surface area (Å²) in [6, 6.07) is 11.2. The van der Waals surface area contributed by atoms with Crippen LogP contribution in [-0.2, 0) is 6.42 Å². The average Bonchev–Trinajstić information content (AvgIpc) is 2.31. The summed E-state index contributed by atoms with van der Waals surface area (Å²) in [6.45, 7) is 0. The van der Waals surface area contributed by atoms with Crippen molar-refractivity contribution >= 4 is 17.3 Å². The molecule has 0 aliphatic heterocycles. The van der Waals surface area contributed by atoms with Crippen LogP contribution in [0.5, 0.6) is 0 Å². The van der Waals surface area contributed by atoms with Gasteiger partial charge in [-0.2, -0.15) is 0 Å². The van der Waals surface area contributed by atoms with Crippen LogP contribution in [0.15, 0.2) is 48.8 Å². The lowest BCUT2D eigenvalue weighted by Crippen LogP contribution is -2.04. The van der Waals surface area contributed by atoms with Crippen molar-refractivity contribution < 1.29 is 0 Å². The predicted molar refractivity (Wildman–Crippen MR) is 66.2 cm³/mol. The van der Waals surface area contributed by atoms with Crippen molar-refractivity contribution in [2.24, 2.45) is 0 Å². The molecule has 0 aliphatic carbocycles. The molecule has 0 spiro atoms. The summed E-state index contributed by atoms with van der Waals surface area (Å²) in [7, 11) is 0. The Bertz CT molecular complexity index is 494. The molecule has 0 atom stereocenters. The highest BCUT2D eigenvalue weighted by Crippen LogP contribution is 2.17. The van der Waals surface area contributed by atoms with Crippen LogP contribution < -0.4 is 0 Å². The second kappa shape index (κ2) is 4.90. The predicted octanol–water partition coefficient (Wildman–Crippen LogP) is 3.35. The van der Waals surface area contributed by atoms with E-state index in [1.807, 2.05) is 30.3 Å². The van der Waals surface area contributed by atoms with E-state index in [0.29, 0.717) is 17.2 Å². The molecule has 1 heterocycles. The highest BCUT2D eigenvalue weighted by Gasteiger charge is 2.06. The molecule has 0 aliphatic rings. The molecule has 2 aromatic rings. The lowest BCUT2D eigenvalue weighted by molar-refractivity contribution is 1.20. The minimum Gasteiger partial charge on any atom is -0.304 e. The Morgan fingerprint density at radius 3 is 2.69 bits per heavy atom. The van der Waals surface area contributed by atoms with Crippen molar-refractivity contribution in [1.82, 2.24) is 4.98 Å². The first-order chi connectivity index (χ1) is 7.77. The van der Waals surface area contributed by atoms with Gasteiger partial charge in [0.1, 0.15) is 0 Å². The number of nitrogens with one attached hydrogen (secondary N) is 1. The van der Waals surface area contributed by atoms with E-state index in [-0.39, 0.29) is 0 Å². The quantitative estimate of drug-likeness (QED) is 0.807. The highest BCUT2D eigenvalue weighted by molar-refractivity contribution is 6.34. The zero-order valence-corrected chi connectivity index (χ0v) is 9.41. The summed E-state index contributed by atoms with van der Waals surface area (Å²) in [5.41, 5.74) is 2.32. The van der Waals surface area contributed by atoms with Gasteiger partial charge in [0.25, 0.3) is 0 Å². The molecule has 0 saturated carbocycles. The van der Waals surface area contributed by atoms with E-state index in [2.05, 4.69) is 4.98 Å². The van der Waals surface area contributed by atoms with Crippen molar-refractivity contribution in [3.05, 3.63) is 64.9 Å². The van der Waals surface area contributed by atoms with Crippen LogP contribution >= 0.6 is 11.6 Å². The number of benzene rings is 1. The summed E-state index contributed by atoms with van der Waals surface area (Å²) in [5.74, 6) is 0. The minimum atomic E-state index is 0.513. The molecule has 0 saturated heterocycles. The van der Waals surface area contributed by atoms with Crippen molar-refractivity contribution in [3.63, 3.8) is 0 Å². The first kappa shape index (κ1) is 10.8. The van der Waals surface area contributed by atoms with Gasteiger partial charge >= 0.3 is 0 Å². The first-order valence-corrected chi connectivity index (χ1v) is 5.36. The van der Waals surface area contributed by atoms with Crippen molar-refractivity contribution in [1.29, 1.82) is 5.41 Å². The first-order valence-electron chi connectivity index (χ1n) is 4.98. The Hall–Kier alpha value is -1.67. The van der Waals surface area contributed by atoms with Crippen LogP contribution in [0.3, 0.4) is 0 Å². The van der Waals surface area contributed by atoms with Gasteiger partial charge < -0.3 is 5.41 Å². The molecule has 80 valence electrons. The Balaban J connectivity index is 2.19. The summed E-state index contributed by atoms with van der Waals surface area (Å²) in [5, 5.41) is 8.62. The van der Waals surface area contributed by atoms with Gasteiger partial charge in [-0.1, -0.05) is 35.9 Å². The van der Waals surface area contributed by atoms with Gasteiger partial charge in [0.05, 0.1) is 0 Å². The number of pyridine rings is 1. The Morgan fingerprint density at radius 2 is 2.00 bits per heavy atom. The molecule has 1 aromatic heterocycles. The van der Waals surface area contributed by atoms with Crippen LogP contribution in [0.2, 0.25) is 5.02 Å². The largest absolute Gasteiger partial charge is 0.304 e. The van der Waals surface area contributed by atoms with E-state index in [9.17, 15) is 0 Å². The summed E-state index contributed by atoms with van der Waals surface area (Å²) >= 11 is 6.03. The third-order valence-electron chi connectivity index (χ3n) is 2.30. The topological polar surface area (TPSA) is 36.7 Å². The standard InChI is InChI=1S/C13H11ClN2/c14-12-6-2-1-5-11(12)13(15)8-10-4-3-7-16-9-10/h1-7,9,15H,8H2. The van der Waals surface area contributed by atoms with E-state index < -0.39 is 0 Å². The molecule has 0 bridgehead atoms. The van der Waals surface area contributed by atoms with Gasteiger partial charge in [0.2, 0.25) is 0 Å². The number of hydrogen-bond donors (Lipinski definition) is 1. The third-order valence-corrected chi connectivity index (χ3v) is 2.63. The van der Waals surface area contributed by atoms with Crippen LogP contribution in [0.1, 0.15) is 11.1 Å². The minimum absolute atomic E-state index is 0.513. The third kappa shape index (κ3) is 2.47. The lowest BCUT2D eigenvalue weighted by Gasteiger charge is -2.05. The fourth-order valence-electron chi connectivity index (χ4n) is 1.51. The molecule has 2 nitrogen and oxygen atoms in total.